The lowest BCUT2D eigenvalue weighted by atomic mass is 9.96. The van der Waals surface area contributed by atoms with Crippen molar-refractivity contribution in [2.45, 2.75) is 44.3 Å². The molecule has 4 heteroatoms. The summed E-state index contributed by atoms with van der Waals surface area (Å²) in [6.07, 6.45) is 3.26. The predicted molar refractivity (Wildman–Crippen MR) is 86.5 cm³/mol. The third-order valence-electron chi connectivity index (χ3n) is 4.98. The summed E-state index contributed by atoms with van der Waals surface area (Å²) in [5.74, 6) is 0.282. The molecule has 3 N–H and O–H groups in total. The summed E-state index contributed by atoms with van der Waals surface area (Å²) >= 11 is 0. The van der Waals surface area contributed by atoms with Crippen LogP contribution in [0.3, 0.4) is 0 Å². The second kappa shape index (κ2) is 6.16. The Balaban J connectivity index is 1.83. The van der Waals surface area contributed by atoms with Gasteiger partial charge in [-0.2, -0.15) is 0 Å². The number of nitrogens with zero attached hydrogens (tertiary/aromatic N) is 2. The molecule has 3 rings (SSSR count). The summed E-state index contributed by atoms with van der Waals surface area (Å²) in [5.41, 5.74) is 7.02. The van der Waals surface area contributed by atoms with Crippen molar-refractivity contribution < 1.29 is 0 Å². The van der Waals surface area contributed by atoms with Gasteiger partial charge in [0.2, 0.25) is 0 Å². The van der Waals surface area contributed by atoms with Gasteiger partial charge in [0, 0.05) is 37.6 Å². The summed E-state index contributed by atoms with van der Waals surface area (Å²) < 4.78 is 0. The van der Waals surface area contributed by atoms with E-state index in [-0.39, 0.29) is 11.9 Å². The quantitative estimate of drug-likeness (QED) is 0.659. The second-order valence-electron chi connectivity index (χ2n) is 6.49. The number of nitrogens with one attached hydrogen (secondary N) is 1. The van der Waals surface area contributed by atoms with Crippen molar-refractivity contribution in [3.05, 3.63) is 35.9 Å². The summed E-state index contributed by atoms with van der Waals surface area (Å²) in [5, 5.41) is 7.75. The second-order valence-corrected chi connectivity index (χ2v) is 6.49. The molecule has 1 aromatic carbocycles. The maximum atomic E-state index is 7.75. The number of amidine groups is 1. The van der Waals surface area contributed by atoms with Crippen molar-refractivity contribution in [2.75, 3.05) is 19.6 Å². The molecule has 21 heavy (non-hydrogen) atoms. The first-order valence-corrected chi connectivity index (χ1v) is 8.03. The van der Waals surface area contributed by atoms with Crippen LogP contribution >= 0.6 is 0 Å². The molecule has 0 bridgehead atoms. The Morgan fingerprint density at radius 1 is 1.33 bits per heavy atom. The lowest BCUT2D eigenvalue weighted by Crippen LogP contribution is -2.56. The average molecular weight is 286 g/mol. The Labute approximate surface area is 127 Å². The fraction of sp³-hybridized carbons (Fsp3) is 0.588. The maximum absolute atomic E-state index is 7.75. The lowest BCUT2D eigenvalue weighted by Gasteiger charge is -2.46. The van der Waals surface area contributed by atoms with Gasteiger partial charge in [-0.1, -0.05) is 30.3 Å². The summed E-state index contributed by atoms with van der Waals surface area (Å²) in [4.78, 5) is 5.21. The summed E-state index contributed by atoms with van der Waals surface area (Å²) in [6.45, 7) is 5.82. The molecule has 3 atom stereocenters. The van der Waals surface area contributed by atoms with E-state index in [1.165, 1.54) is 24.9 Å². The molecule has 2 aliphatic rings. The van der Waals surface area contributed by atoms with Gasteiger partial charge in [0.1, 0.15) is 0 Å². The van der Waals surface area contributed by atoms with Crippen LogP contribution in [0, 0.1) is 5.41 Å². The molecule has 0 aliphatic carbocycles. The normalized spacial score (nSPS) is 28.2. The van der Waals surface area contributed by atoms with E-state index in [4.69, 9.17) is 11.1 Å². The SMILES string of the molecule is CC1CN2CCCC2CN1C(CC(=N)N)c1ccccc1. The molecule has 1 aromatic rings. The fourth-order valence-electron chi connectivity index (χ4n) is 3.95. The molecule has 2 fully saturated rings. The molecule has 4 nitrogen and oxygen atoms in total. The van der Waals surface area contributed by atoms with E-state index in [9.17, 15) is 0 Å². The van der Waals surface area contributed by atoms with E-state index in [0.717, 1.165) is 13.1 Å². The van der Waals surface area contributed by atoms with Crippen molar-refractivity contribution >= 4 is 5.84 Å². The van der Waals surface area contributed by atoms with Gasteiger partial charge in [-0.3, -0.25) is 15.2 Å². The maximum Gasteiger partial charge on any atom is 0.0924 e. The molecule has 0 aromatic heterocycles. The van der Waals surface area contributed by atoms with E-state index in [1.54, 1.807) is 0 Å². The monoisotopic (exact) mass is 286 g/mol. The topological polar surface area (TPSA) is 56.4 Å². The number of fused-ring (bicyclic) bond motifs is 1. The van der Waals surface area contributed by atoms with Gasteiger partial charge in [-0.25, -0.2) is 0 Å². The van der Waals surface area contributed by atoms with Gasteiger partial charge in [0.05, 0.1) is 5.84 Å². The molecule has 2 heterocycles. The number of hydrogen-bond donors (Lipinski definition) is 2. The summed E-state index contributed by atoms with van der Waals surface area (Å²) in [7, 11) is 0. The molecular weight excluding hydrogens is 260 g/mol. The van der Waals surface area contributed by atoms with Crippen LogP contribution < -0.4 is 5.73 Å². The van der Waals surface area contributed by atoms with E-state index >= 15 is 0 Å². The first-order valence-electron chi connectivity index (χ1n) is 8.03. The highest BCUT2D eigenvalue weighted by Gasteiger charge is 2.37. The average Bonchev–Trinajstić information content (AvgIpc) is 2.92. The standard InChI is InChI=1S/C17H26N4/c1-13-11-20-9-5-8-15(20)12-21(13)16(10-17(18)19)14-6-3-2-4-7-14/h2-4,6-7,13,15-16H,5,8-12H2,1H3,(H3,18,19). The van der Waals surface area contributed by atoms with E-state index < -0.39 is 0 Å². The third-order valence-corrected chi connectivity index (χ3v) is 4.98. The van der Waals surface area contributed by atoms with Gasteiger partial charge in [0.25, 0.3) is 0 Å². The molecule has 3 unspecified atom stereocenters. The van der Waals surface area contributed by atoms with Crippen LogP contribution in [-0.4, -0.2) is 47.4 Å². The van der Waals surface area contributed by atoms with Crippen molar-refractivity contribution in [1.29, 1.82) is 5.41 Å². The van der Waals surface area contributed by atoms with Crippen LogP contribution in [0.5, 0.6) is 0 Å². The molecular formula is C17H26N4. The number of piperazine rings is 1. The fourth-order valence-corrected chi connectivity index (χ4v) is 3.95. The Morgan fingerprint density at radius 2 is 2.10 bits per heavy atom. The van der Waals surface area contributed by atoms with Crippen molar-refractivity contribution in [3.63, 3.8) is 0 Å². The van der Waals surface area contributed by atoms with Crippen LogP contribution in [-0.2, 0) is 0 Å². The summed E-state index contributed by atoms with van der Waals surface area (Å²) in [6, 6.07) is 12.0. The predicted octanol–water partition coefficient (Wildman–Crippen LogP) is 2.22. The van der Waals surface area contributed by atoms with Crippen LogP contribution in [0.4, 0.5) is 0 Å². The Kier molecular flexibility index (Phi) is 4.27. The zero-order chi connectivity index (χ0) is 14.8. The van der Waals surface area contributed by atoms with E-state index in [2.05, 4.69) is 41.0 Å². The van der Waals surface area contributed by atoms with Gasteiger partial charge in [0.15, 0.2) is 0 Å². The van der Waals surface area contributed by atoms with Crippen LogP contribution in [0.15, 0.2) is 30.3 Å². The molecule has 2 aliphatic heterocycles. The van der Waals surface area contributed by atoms with E-state index in [1.807, 2.05) is 6.07 Å². The van der Waals surface area contributed by atoms with E-state index in [0.29, 0.717) is 18.5 Å². The van der Waals surface area contributed by atoms with Crippen LogP contribution in [0.1, 0.15) is 37.8 Å². The van der Waals surface area contributed by atoms with Gasteiger partial charge in [-0.15, -0.1) is 0 Å². The number of hydrogen-bond acceptors (Lipinski definition) is 3. The minimum Gasteiger partial charge on any atom is -0.388 e. The first kappa shape index (κ1) is 14.5. The Morgan fingerprint density at radius 3 is 2.81 bits per heavy atom. The number of nitrogens with two attached hydrogens (primary N) is 1. The van der Waals surface area contributed by atoms with Gasteiger partial charge >= 0.3 is 0 Å². The highest BCUT2D eigenvalue weighted by atomic mass is 15.3. The highest BCUT2D eigenvalue weighted by molar-refractivity contribution is 5.77. The van der Waals surface area contributed by atoms with Crippen molar-refractivity contribution in [3.8, 4) is 0 Å². The third kappa shape index (κ3) is 3.11. The van der Waals surface area contributed by atoms with Gasteiger partial charge < -0.3 is 5.73 Å². The molecule has 2 saturated heterocycles. The van der Waals surface area contributed by atoms with Crippen LogP contribution in [0.2, 0.25) is 0 Å². The zero-order valence-corrected chi connectivity index (χ0v) is 12.8. The first-order chi connectivity index (χ1) is 10.1. The smallest absolute Gasteiger partial charge is 0.0924 e. The minimum absolute atomic E-state index is 0.237. The number of rotatable bonds is 4. The molecule has 0 saturated carbocycles. The molecule has 0 radical (unpaired) electrons. The van der Waals surface area contributed by atoms with Crippen molar-refractivity contribution in [2.24, 2.45) is 5.73 Å². The molecule has 0 amide bonds. The zero-order valence-electron chi connectivity index (χ0n) is 12.8. The lowest BCUT2D eigenvalue weighted by molar-refractivity contribution is 0.0290. The Bertz CT molecular complexity index is 487. The molecule has 0 spiro atoms. The largest absolute Gasteiger partial charge is 0.388 e. The van der Waals surface area contributed by atoms with Gasteiger partial charge in [-0.05, 0) is 31.9 Å². The van der Waals surface area contributed by atoms with Crippen LogP contribution in [0.25, 0.3) is 0 Å². The minimum atomic E-state index is 0.237. The van der Waals surface area contributed by atoms with Crippen molar-refractivity contribution in [1.82, 2.24) is 9.80 Å². The Hall–Kier alpha value is -1.39. The number of benzene rings is 1. The highest BCUT2D eigenvalue weighted by Crippen LogP contribution is 2.32. The molecule has 114 valence electrons.